The molecule has 1 aromatic rings. The number of hydrogen-bond acceptors (Lipinski definition) is 5. The van der Waals surface area contributed by atoms with E-state index in [2.05, 4.69) is 56.7 Å². The minimum absolute atomic E-state index is 0.314. The van der Waals surface area contributed by atoms with Gasteiger partial charge in [0.05, 0.1) is 4.47 Å². The second kappa shape index (κ2) is 6.76. The average molecular weight is 302 g/mol. The van der Waals surface area contributed by atoms with Crippen LogP contribution in [-0.4, -0.2) is 48.6 Å². The minimum Gasteiger partial charge on any atom is -0.368 e. The molecule has 0 aromatic carbocycles. The van der Waals surface area contributed by atoms with Crippen LogP contribution in [0.25, 0.3) is 0 Å². The SMILES string of the molecule is CCN(CCCN(C)C)c1nc(N)ncc1Br. The summed E-state index contributed by atoms with van der Waals surface area (Å²) in [5.41, 5.74) is 5.62. The van der Waals surface area contributed by atoms with Gasteiger partial charge < -0.3 is 15.5 Å². The van der Waals surface area contributed by atoms with Crippen LogP contribution in [0.1, 0.15) is 13.3 Å². The molecule has 0 saturated carbocycles. The molecule has 1 rings (SSSR count). The Balaban J connectivity index is 2.68. The van der Waals surface area contributed by atoms with Crippen molar-refractivity contribution in [3.63, 3.8) is 0 Å². The first-order valence-corrected chi connectivity index (χ1v) is 6.51. The van der Waals surface area contributed by atoms with Crippen molar-refractivity contribution in [2.24, 2.45) is 0 Å². The van der Waals surface area contributed by atoms with E-state index in [1.54, 1.807) is 6.20 Å². The summed E-state index contributed by atoms with van der Waals surface area (Å²) in [6.45, 7) is 5.04. The highest BCUT2D eigenvalue weighted by Crippen LogP contribution is 2.23. The molecule has 1 aromatic heterocycles. The van der Waals surface area contributed by atoms with Crippen LogP contribution in [0.15, 0.2) is 10.7 Å². The zero-order valence-electron chi connectivity index (χ0n) is 10.6. The van der Waals surface area contributed by atoms with Gasteiger partial charge in [0.2, 0.25) is 5.95 Å². The number of nitrogen functional groups attached to an aromatic ring is 1. The fourth-order valence-electron chi connectivity index (χ4n) is 1.58. The molecular formula is C11H20BrN5. The zero-order valence-corrected chi connectivity index (χ0v) is 12.2. The summed E-state index contributed by atoms with van der Waals surface area (Å²) in [4.78, 5) is 12.6. The molecule has 0 atom stereocenters. The monoisotopic (exact) mass is 301 g/mol. The van der Waals surface area contributed by atoms with E-state index in [1.165, 1.54) is 0 Å². The van der Waals surface area contributed by atoms with Gasteiger partial charge in [-0.15, -0.1) is 0 Å². The lowest BCUT2D eigenvalue weighted by Gasteiger charge is -2.23. The molecule has 6 heteroatoms. The molecule has 0 unspecified atom stereocenters. The summed E-state index contributed by atoms with van der Waals surface area (Å²) in [5, 5.41) is 0. The number of rotatable bonds is 6. The largest absolute Gasteiger partial charge is 0.368 e. The van der Waals surface area contributed by atoms with Crippen LogP contribution in [0.5, 0.6) is 0 Å². The fraction of sp³-hybridized carbons (Fsp3) is 0.636. The topological polar surface area (TPSA) is 58.3 Å². The van der Waals surface area contributed by atoms with Crippen molar-refractivity contribution in [1.82, 2.24) is 14.9 Å². The van der Waals surface area contributed by atoms with Crippen LogP contribution < -0.4 is 10.6 Å². The molecule has 0 aliphatic carbocycles. The molecule has 1 heterocycles. The van der Waals surface area contributed by atoms with E-state index in [1.807, 2.05) is 0 Å². The summed E-state index contributed by atoms with van der Waals surface area (Å²) in [5.74, 6) is 1.19. The molecule has 2 N–H and O–H groups in total. The van der Waals surface area contributed by atoms with Crippen LogP contribution >= 0.6 is 15.9 Å². The van der Waals surface area contributed by atoms with Gasteiger partial charge in [0.25, 0.3) is 0 Å². The fourth-order valence-corrected chi connectivity index (χ4v) is 2.03. The maximum atomic E-state index is 5.62. The number of nitrogens with two attached hydrogens (primary N) is 1. The van der Waals surface area contributed by atoms with E-state index >= 15 is 0 Å². The first-order valence-electron chi connectivity index (χ1n) is 5.72. The van der Waals surface area contributed by atoms with Crippen LogP contribution in [-0.2, 0) is 0 Å². The standard InChI is InChI=1S/C11H20BrN5/c1-4-17(7-5-6-16(2)3)10-9(12)8-14-11(13)15-10/h8H,4-7H2,1-3H3,(H2,13,14,15). The molecule has 0 amide bonds. The molecule has 0 spiro atoms. The third-order valence-electron chi connectivity index (χ3n) is 2.46. The first-order chi connectivity index (χ1) is 8.04. The number of hydrogen-bond donors (Lipinski definition) is 1. The number of aromatic nitrogens is 2. The van der Waals surface area contributed by atoms with Crippen molar-refractivity contribution in [2.45, 2.75) is 13.3 Å². The van der Waals surface area contributed by atoms with Crippen LogP contribution in [0.2, 0.25) is 0 Å². The van der Waals surface area contributed by atoms with Gasteiger partial charge in [-0.05, 0) is 49.9 Å². The highest BCUT2D eigenvalue weighted by molar-refractivity contribution is 9.10. The molecule has 96 valence electrons. The summed E-state index contributed by atoms with van der Waals surface area (Å²) in [6, 6.07) is 0. The Bertz CT molecular complexity index is 356. The Morgan fingerprint density at radius 3 is 2.65 bits per heavy atom. The molecule has 17 heavy (non-hydrogen) atoms. The Morgan fingerprint density at radius 2 is 2.06 bits per heavy atom. The van der Waals surface area contributed by atoms with Gasteiger partial charge in [-0.3, -0.25) is 0 Å². The lowest BCUT2D eigenvalue weighted by Crippen LogP contribution is -2.28. The predicted molar refractivity (Wildman–Crippen MR) is 75.2 cm³/mol. The van der Waals surface area contributed by atoms with Gasteiger partial charge in [0.1, 0.15) is 5.82 Å². The first kappa shape index (κ1) is 14.2. The second-order valence-electron chi connectivity index (χ2n) is 4.14. The van der Waals surface area contributed by atoms with Crippen molar-refractivity contribution in [3.05, 3.63) is 10.7 Å². The summed E-state index contributed by atoms with van der Waals surface area (Å²) in [6.07, 6.45) is 2.80. The zero-order chi connectivity index (χ0) is 12.8. The van der Waals surface area contributed by atoms with Gasteiger partial charge in [0.15, 0.2) is 0 Å². The molecule has 0 fully saturated rings. The quantitative estimate of drug-likeness (QED) is 0.865. The van der Waals surface area contributed by atoms with Crippen LogP contribution in [0.3, 0.4) is 0 Å². The van der Waals surface area contributed by atoms with Gasteiger partial charge in [-0.1, -0.05) is 0 Å². The van der Waals surface area contributed by atoms with Gasteiger partial charge >= 0.3 is 0 Å². The highest BCUT2D eigenvalue weighted by Gasteiger charge is 2.11. The van der Waals surface area contributed by atoms with Crippen molar-refractivity contribution >= 4 is 27.7 Å². The summed E-state index contributed by atoms with van der Waals surface area (Å²) in [7, 11) is 4.16. The van der Waals surface area contributed by atoms with E-state index in [0.717, 1.165) is 36.3 Å². The van der Waals surface area contributed by atoms with Crippen molar-refractivity contribution in [3.8, 4) is 0 Å². The number of anilines is 2. The van der Waals surface area contributed by atoms with Gasteiger partial charge in [-0.25, -0.2) is 4.98 Å². The molecular weight excluding hydrogens is 282 g/mol. The molecule has 0 bridgehead atoms. The third-order valence-corrected chi connectivity index (χ3v) is 3.02. The van der Waals surface area contributed by atoms with E-state index in [-0.39, 0.29) is 0 Å². The van der Waals surface area contributed by atoms with E-state index in [9.17, 15) is 0 Å². The normalized spacial score (nSPS) is 10.9. The van der Waals surface area contributed by atoms with E-state index in [4.69, 9.17) is 5.73 Å². The lowest BCUT2D eigenvalue weighted by molar-refractivity contribution is 0.400. The Morgan fingerprint density at radius 1 is 1.35 bits per heavy atom. The second-order valence-corrected chi connectivity index (χ2v) is 4.99. The predicted octanol–water partition coefficient (Wildman–Crippen LogP) is 1.60. The Kier molecular flexibility index (Phi) is 5.64. The Labute approximate surface area is 111 Å². The molecule has 0 aliphatic heterocycles. The van der Waals surface area contributed by atoms with Gasteiger partial charge in [0, 0.05) is 19.3 Å². The number of halogens is 1. The third kappa shape index (κ3) is 4.47. The summed E-state index contributed by atoms with van der Waals surface area (Å²) < 4.78 is 0.887. The minimum atomic E-state index is 0.314. The summed E-state index contributed by atoms with van der Waals surface area (Å²) >= 11 is 3.46. The molecule has 0 radical (unpaired) electrons. The smallest absolute Gasteiger partial charge is 0.222 e. The highest BCUT2D eigenvalue weighted by atomic mass is 79.9. The van der Waals surface area contributed by atoms with Crippen molar-refractivity contribution in [2.75, 3.05) is 44.4 Å². The van der Waals surface area contributed by atoms with Crippen LogP contribution in [0.4, 0.5) is 11.8 Å². The lowest BCUT2D eigenvalue weighted by atomic mass is 10.3. The van der Waals surface area contributed by atoms with E-state index < -0.39 is 0 Å². The van der Waals surface area contributed by atoms with Crippen LogP contribution in [0, 0.1) is 0 Å². The average Bonchev–Trinajstić information content (AvgIpc) is 2.28. The molecule has 0 saturated heterocycles. The van der Waals surface area contributed by atoms with Crippen molar-refractivity contribution in [1.29, 1.82) is 0 Å². The van der Waals surface area contributed by atoms with E-state index in [0.29, 0.717) is 5.95 Å². The number of nitrogens with zero attached hydrogens (tertiary/aromatic N) is 4. The van der Waals surface area contributed by atoms with Gasteiger partial charge in [-0.2, -0.15) is 4.98 Å². The molecule has 0 aliphatic rings. The van der Waals surface area contributed by atoms with Crippen molar-refractivity contribution < 1.29 is 0 Å². The maximum Gasteiger partial charge on any atom is 0.222 e. The maximum absolute atomic E-state index is 5.62. The molecule has 5 nitrogen and oxygen atoms in total. The Hall–Kier alpha value is -0.880.